The largest absolute Gasteiger partial charge is 0.388 e. The second kappa shape index (κ2) is 2.88. The lowest BCUT2D eigenvalue weighted by atomic mass is 10.3. The number of thiocarbonyl (C=S) groups is 1. The summed E-state index contributed by atoms with van der Waals surface area (Å²) < 4.78 is 0. The van der Waals surface area contributed by atoms with E-state index in [1.165, 1.54) is 0 Å². The van der Waals surface area contributed by atoms with Gasteiger partial charge in [0.05, 0.1) is 12.6 Å². The van der Waals surface area contributed by atoms with E-state index >= 15 is 0 Å². The molecule has 1 rings (SSSR count). The zero-order valence-electron chi connectivity index (χ0n) is 5.74. The van der Waals surface area contributed by atoms with Crippen LogP contribution in [-0.4, -0.2) is 29.5 Å². The molecule has 0 aromatic rings. The summed E-state index contributed by atoms with van der Waals surface area (Å²) >= 11 is 4.72. The lowest BCUT2D eigenvalue weighted by Gasteiger charge is -2.09. The molecule has 0 amide bonds. The van der Waals surface area contributed by atoms with E-state index in [0.29, 0.717) is 10.7 Å². The van der Waals surface area contributed by atoms with Gasteiger partial charge in [0.1, 0.15) is 10.7 Å². The molecule has 54 valence electrons. The first-order valence-corrected chi connectivity index (χ1v) is 3.48. The SMILES string of the molecule is CC1CN=CC(C(N)=S)=N1. The molecule has 0 aromatic carbocycles. The fourth-order valence-corrected chi connectivity index (χ4v) is 0.836. The highest BCUT2D eigenvalue weighted by Crippen LogP contribution is 1.96. The lowest BCUT2D eigenvalue weighted by Crippen LogP contribution is -2.27. The Bertz CT molecular complexity index is 207. The van der Waals surface area contributed by atoms with Gasteiger partial charge >= 0.3 is 0 Å². The molecular formula is C6H9N3S. The van der Waals surface area contributed by atoms with E-state index in [2.05, 4.69) is 9.98 Å². The van der Waals surface area contributed by atoms with Gasteiger partial charge in [0, 0.05) is 6.21 Å². The third-order valence-corrected chi connectivity index (χ3v) is 1.40. The number of nitrogens with zero attached hydrogens (tertiary/aromatic N) is 2. The maximum atomic E-state index is 5.34. The van der Waals surface area contributed by atoms with E-state index in [-0.39, 0.29) is 6.04 Å². The molecule has 0 aliphatic carbocycles. The molecule has 0 fully saturated rings. The molecular weight excluding hydrogens is 146 g/mol. The van der Waals surface area contributed by atoms with Crippen LogP contribution < -0.4 is 5.73 Å². The summed E-state index contributed by atoms with van der Waals surface area (Å²) in [7, 11) is 0. The van der Waals surface area contributed by atoms with Gasteiger partial charge in [-0.15, -0.1) is 0 Å². The minimum Gasteiger partial charge on any atom is -0.388 e. The van der Waals surface area contributed by atoms with E-state index in [4.69, 9.17) is 18.0 Å². The first-order chi connectivity index (χ1) is 4.70. The number of rotatable bonds is 1. The summed E-state index contributed by atoms with van der Waals surface area (Å²) in [5.41, 5.74) is 5.99. The van der Waals surface area contributed by atoms with Crippen LogP contribution in [0.2, 0.25) is 0 Å². The lowest BCUT2D eigenvalue weighted by molar-refractivity contribution is 0.754. The minimum atomic E-state index is 0.224. The van der Waals surface area contributed by atoms with Gasteiger partial charge in [-0.2, -0.15) is 0 Å². The van der Waals surface area contributed by atoms with Gasteiger partial charge in [-0.05, 0) is 6.92 Å². The van der Waals surface area contributed by atoms with Crippen molar-refractivity contribution in [1.82, 2.24) is 0 Å². The molecule has 1 atom stereocenters. The monoisotopic (exact) mass is 155 g/mol. The van der Waals surface area contributed by atoms with Crippen LogP contribution >= 0.6 is 12.2 Å². The van der Waals surface area contributed by atoms with Gasteiger partial charge in [0.15, 0.2) is 0 Å². The third-order valence-electron chi connectivity index (χ3n) is 1.20. The molecule has 1 aliphatic heterocycles. The van der Waals surface area contributed by atoms with Gasteiger partial charge in [-0.3, -0.25) is 9.98 Å². The first kappa shape index (κ1) is 7.34. The molecule has 0 saturated heterocycles. The van der Waals surface area contributed by atoms with E-state index in [1.807, 2.05) is 6.92 Å². The topological polar surface area (TPSA) is 50.7 Å². The average molecular weight is 155 g/mol. The number of hydrogen-bond acceptors (Lipinski definition) is 3. The zero-order chi connectivity index (χ0) is 7.56. The number of hydrogen-bond donors (Lipinski definition) is 1. The van der Waals surface area contributed by atoms with Gasteiger partial charge in [0.25, 0.3) is 0 Å². The molecule has 0 saturated carbocycles. The van der Waals surface area contributed by atoms with Crippen molar-refractivity contribution in [1.29, 1.82) is 0 Å². The predicted molar refractivity (Wildman–Crippen MR) is 47.0 cm³/mol. The summed E-state index contributed by atoms with van der Waals surface area (Å²) in [6, 6.07) is 0.224. The molecule has 4 heteroatoms. The van der Waals surface area contributed by atoms with E-state index in [0.717, 1.165) is 6.54 Å². The fraction of sp³-hybridized carbons (Fsp3) is 0.500. The normalized spacial score (nSPS) is 24.1. The molecule has 1 aliphatic rings. The minimum absolute atomic E-state index is 0.224. The van der Waals surface area contributed by atoms with Crippen LogP contribution in [0.3, 0.4) is 0 Å². The van der Waals surface area contributed by atoms with Crippen molar-refractivity contribution in [2.45, 2.75) is 13.0 Å². The summed E-state index contributed by atoms with van der Waals surface area (Å²) in [5.74, 6) is 0. The van der Waals surface area contributed by atoms with Crippen molar-refractivity contribution in [3.05, 3.63) is 0 Å². The van der Waals surface area contributed by atoms with Crippen LogP contribution in [0.4, 0.5) is 0 Å². The van der Waals surface area contributed by atoms with Crippen molar-refractivity contribution >= 4 is 29.1 Å². The second-order valence-electron chi connectivity index (χ2n) is 2.22. The highest BCUT2D eigenvalue weighted by Gasteiger charge is 2.07. The van der Waals surface area contributed by atoms with E-state index in [1.54, 1.807) is 6.21 Å². The number of aliphatic imine (C=N–C) groups is 2. The van der Waals surface area contributed by atoms with E-state index in [9.17, 15) is 0 Å². The molecule has 1 unspecified atom stereocenters. The fourth-order valence-electron chi connectivity index (χ4n) is 0.731. The Labute approximate surface area is 65.0 Å². The van der Waals surface area contributed by atoms with Crippen molar-refractivity contribution in [2.75, 3.05) is 6.54 Å². The summed E-state index contributed by atoms with van der Waals surface area (Å²) in [6.45, 7) is 2.72. The van der Waals surface area contributed by atoms with Crippen molar-refractivity contribution < 1.29 is 0 Å². The molecule has 0 bridgehead atoms. The zero-order valence-corrected chi connectivity index (χ0v) is 6.56. The first-order valence-electron chi connectivity index (χ1n) is 3.07. The van der Waals surface area contributed by atoms with Crippen LogP contribution in [0.5, 0.6) is 0 Å². The van der Waals surface area contributed by atoms with Gasteiger partial charge < -0.3 is 5.73 Å². The smallest absolute Gasteiger partial charge is 0.123 e. The Hall–Kier alpha value is -0.770. The highest BCUT2D eigenvalue weighted by atomic mass is 32.1. The molecule has 3 nitrogen and oxygen atoms in total. The van der Waals surface area contributed by atoms with Crippen LogP contribution in [0.15, 0.2) is 9.98 Å². The maximum Gasteiger partial charge on any atom is 0.123 e. The van der Waals surface area contributed by atoms with Crippen molar-refractivity contribution in [2.24, 2.45) is 15.7 Å². The van der Waals surface area contributed by atoms with Crippen LogP contribution in [0, 0.1) is 0 Å². The van der Waals surface area contributed by atoms with Gasteiger partial charge in [-0.25, -0.2) is 0 Å². The molecule has 0 spiro atoms. The van der Waals surface area contributed by atoms with Crippen LogP contribution in [0.25, 0.3) is 0 Å². The summed E-state index contributed by atoms with van der Waals surface area (Å²) in [6.07, 6.45) is 1.63. The Kier molecular flexibility index (Phi) is 2.11. The van der Waals surface area contributed by atoms with Crippen molar-refractivity contribution in [3.8, 4) is 0 Å². The maximum absolute atomic E-state index is 5.34. The average Bonchev–Trinajstić information content (AvgIpc) is 1.88. The highest BCUT2D eigenvalue weighted by molar-refractivity contribution is 7.82. The van der Waals surface area contributed by atoms with Crippen LogP contribution in [0.1, 0.15) is 6.92 Å². The Morgan fingerprint density at radius 1 is 1.90 bits per heavy atom. The molecule has 1 heterocycles. The number of nitrogens with two attached hydrogens (primary N) is 1. The van der Waals surface area contributed by atoms with E-state index < -0.39 is 0 Å². The van der Waals surface area contributed by atoms with Crippen LogP contribution in [-0.2, 0) is 0 Å². The van der Waals surface area contributed by atoms with Gasteiger partial charge in [-0.1, -0.05) is 12.2 Å². The molecule has 2 N–H and O–H groups in total. The Morgan fingerprint density at radius 2 is 2.60 bits per heavy atom. The summed E-state index contributed by atoms with van der Waals surface area (Å²) in [5, 5.41) is 0. The Balaban J connectivity index is 2.76. The second-order valence-corrected chi connectivity index (χ2v) is 2.66. The third kappa shape index (κ3) is 1.60. The molecule has 0 radical (unpaired) electrons. The Morgan fingerprint density at radius 3 is 3.00 bits per heavy atom. The quantitative estimate of drug-likeness (QED) is 0.549. The summed E-state index contributed by atoms with van der Waals surface area (Å²) in [4.78, 5) is 8.55. The van der Waals surface area contributed by atoms with Gasteiger partial charge in [0.2, 0.25) is 0 Å². The predicted octanol–water partition coefficient (Wildman–Crippen LogP) is 0.186. The molecule has 0 aromatic heterocycles. The van der Waals surface area contributed by atoms with Crippen molar-refractivity contribution in [3.63, 3.8) is 0 Å². The standard InChI is InChI=1S/C6H9N3S/c1-4-2-8-3-5(9-4)6(7)10/h3-4H,2H2,1H3,(H2,7,10). The molecule has 10 heavy (non-hydrogen) atoms.